The van der Waals surface area contributed by atoms with Crippen LogP contribution in [-0.2, 0) is 14.3 Å². The Labute approximate surface area is 174 Å². The van der Waals surface area contributed by atoms with Crippen molar-refractivity contribution in [3.05, 3.63) is 65.2 Å². The van der Waals surface area contributed by atoms with Gasteiger partial charge in [-0.15, -0.1) is 0 Å². The van der Waals surface area contributed by atoms with Gasteiger partial charge in [0.1, 0.15) is 0 Å². The molecule has 0 saturated heterocycles. The second-order valence-corrected chi connectivity index (χ2v) is 6.80. The van der Waals surface area contributed by atoms with Crippen molar-refractivity contribution in [1.82, 2.24) is 5.32 Å². The molecule has 2 aromatic rings. The number of hydrogen-bond acceptors (Lipinski definition) is 4. The predicted octanol–water partition coefficient (Wildman–Crippen LogP) is 3.42. The Balaban J connectivity index is 2.05. The number of halogens is 1. The number of benzene rings is 2. The second kappa shape index (κ2) is 10.5. The lowest BCUT2D eigenvalue weighted by molar-refractivity contribution is -0.154. The van der Waals surface area contributed by atoms with E-state index in [1.54, 1.807) is 24.3 Å². The number of amides is 3. The van der Waals surface area contributed by atoms with Crippen molar-refractivity contribution in [3.63, 3.8) is 0 Å². The van der Waals surface area contributed by atoms with Gasteiger partial charge in [0, 0.05) is 17.3 Å². The summed E-state index contributed by atoms with van der Waals surface area (Å²) < 4.78 is 5.33. The first-order valence-corrected chi connectivity index (χ1v) is 9.57. The van der Waals surface area contributed by atoms with E-state index < -0.39 is 24.1 Å². The number of carbonyl (C=O) groups excluding carboxylic acids is 3. The summed E-state index contributed by atoms with van der Waals surface area (Å²) in [4.78, 5) is 38.0. The molecule has 2 rings (SSSR count). The number of urea groups is 1. The fourth-order valence-electron chi connectivity index (χ4n) is 2.87. The summed E-state index contributed by atoms with van der Waals surface area (Å²) in [5.41, 5.74) is 6.58. The smallest absolute Gasteiger partial charge is 0.312 e. The van der Waals surface area contributed by atoms with Crippen molar-refractivity contribution in [3.8, 4) is 0 Å². The lowest BCUT2D eigenvalue weighted by Crippen LogP contribution is -2.41. The second-order valence-electron chi connectivity index (χ2n) is 6.37. The number of hydrogen-bond donors (Lipinski definition) is 2. The summed E-state index contributed by atoms with van der Waals surface area (Å²) in [5.74, 6) is -0.971. The van der Waals surface area contributed by atoms with Crippen molar-refractivity contribution in [1.29, 1.82) is 0 Å². The number of primary amides is 1. The van der Waals surface area contributed by atoms with Gasteiger partial charge in [0.15, 0.2) is 6.10 Å². The molecule has 0 fully saturated rings. The van der Waals surface area contributed by atoms with Crippen LogP contribution in [0.2, 0.25) is 5.02 Å². The predicted molar refractivity (Wildman–Crippen MR) is 112 cm³/mol. The van der Waals surface area contributed by atoms with E-state index in [4.69, 9.17) is 22.1 Å². The Kier molecular flexibility index (Phi) is 8.03. The molecular weight excluding hydrogens is 394 g/mol. The van der Waals surface area contributed by atoms with Gasteiger partial charge >= 0.3 is 12.0 Å². The van der Waals surface area contributed by atoms with Crippen molar-refractivity contribution in [2.75, 3.05) is 11.4 Å². The van der Waals surface area contributed by atoms with Crippen LogP contribution in [0.25, 0.3) is 0 Å². The summed E-state index contributed by atoms with van der Waals surface area (Å²) in [6, 6.07) is 14.3. The normalized spacial score (nSPS) is 12.5. The molecule has 0 bridgehead atoms. The molecule has 3 N–H and O–H groups in total. The molecule has 0 spiro atoms. The van der Waals surface area contributed by atoms with Gasteiger partial charge < -0.3 is 20.7 Å². The number of likely N-dealkylation sites (N-methyl/N-ethyl adjacent to an activating group) is 1. The molecule has 0 saturated carbocycles. The number of nitrogens with two attached hydrogens (primary N) is 1. The molecule has 0 heterocycles. The summed E-state index contributed by atoms with van der Waals surface area (Å²) in [6.45, 7) is 3.79. The summed E-state index contributed by atoms with van der Waals surface area (Å²) in [5, 5.41) is 3.03. The Morgan fingerprint density at radius 2 is 1.72 bits per heavy atom. The molecule has 0 unspecified atom stereocenters. The first-order chi connectivity index (χ1) is 13.8. The molecule has 0 aliphatic carbocycles. The number of carbonyl (C=O) groups is 3. The molecule has 0 radical (unpaired) electrons. The minimum absolute atomic E-state index is 0.181. The standard InChI is InChI=1S/C21H24ClN3O4/c1-3-25(17-7-5-4-6-8-17)20(27)14(2)29-19(26)13-18(24-21(23)28)15-9-11-16(22)12-10-15/h4-12,14,18H,3,13H2,1-2H3,(H3,23,24,28)/t14-,18+/m1/s1. The van der Waals surface area contributed by atoms with E-state index in [1.165, 1.54) is 11.8 Å². The highest BCUT2D eigenvalue weighted by atomic mass is 35.5. The van der Waals surface area contributed by atoms with Gasteiger partial charge in [0.2, 0.25) is 0 Å². The van der Waals surface area contributed by atoms with Gasteiger partial charge in [-0.05, 0) is 43.7 Å². The lowest BCUT2D eigenvalue weighted by Gasteiger charge is -2.25. The molecule has 154 valence electrons. The molecule has 0 aliphatic heterocycles. The van der Waals surface area contributed by atoms with E-state index in [2.05, 4.69) is 5.32 Å². The first kappa shape index (κ1) is 22.2. The quantitative estimate of drug-likeness (QED) is 0.642. The van der Waals surface area contributed by atoms with Gasteiger partial charge in [-0.2, -0.15) is 0 Å². The van der Waals surface area contributed by atoms with Crippen LogP contribution in [0.4, 0.5) is 10.5 Å². The zero-order valence-electron chi connectivity index (χ0n) is 16.3. The number of nitrogens with zero attached hydrogens (tertiary/aromatic N) is 1. The number of esters is 1. The van der Waals surface area contributed by atoms with Gasteiger partial charge in [-0.25, -0.2) is 4.79 Å². The van der Waals surface area contributed by atoms with Crippen LogP contribution >= 0.6 is 11.6 Å². The maximum atomic E-state index is 12.7. The third-order valence-corrected chi connectivity index (χ3v) is 4.52. The third kappa shape index (κ3) is 6.50. The van der Waals surface area contributed by atoms with E-state index in [1.807, 2.05) is 37.3 Å². The maximum Gasteiger partial charge on any atom is 0.312 e. The number of ether oxygens (including phenoxy) is 1. The highest BCUT2D eigenvalue weighted by Crippen LogP contribution is 2.21. The Hall–Kier alpha value is -3.06. The summed E-state index contributed by atoms with van der Waals surface area (Å²) in [6.07, 6.45) is -1.17. The topological polar surface area (TPSA) is 102 Å². The van der Waals surface area contributed by atoms with Crippen LogP contribution in [-0.4, -0.2) is 30.6 Å². The van der Waals surface area contributed by atoms with E-state index in [-0.39, 0.29) is 12.3 Å². The van der Waals surface area contributed by atoms with Crippen LogP contribution in [0.1, 0.15) is 31.9 Å². The largest absolute Gasteiger partial charge is 0.452 e. The van der Waals surface area contributed by atoms with Crippen LogP contribution in [0.15, 0.2) is 54.6 Å². The van der Waals surface area contributed by atoms with Gasteiger partial charge in [0.05, 0.1) is 12.5 Å². The molecule has 3 amide bonds. The van der Waals surface area contributed by atoms with E-state index in [0.717, 1.165) is 5.69 Å². The fourth-order valence-corrected chi connectivity index (χ4v) is 3.00. The number of anilines is 1. The molecule has 7 nitrogen and oxygen atoms in total. The highest BCUT2D eigenvalue weighted by Gasteiger charge is 2.26. The molecule has 0 aromatic heterocycles. The number of para-hydroxylation sites is 1. The fraction of sp³-hybridized carbons (Fsp3) is 0.286. The SMILES string of the molecule is CCN(C(=O)[C@@H](C)OC(=O)C[C@H](NC(N)=O)c1ccc(Cl)cc1)c1ccccc1. The number of rotatable bonds is 8. The zero-order chi connectivity index (χ0) is 21.4. The van der Waals surface area contributed by atoms with Crippen LogP contribution < -0.4 is 16.0 Å². The summed E-state index contributed by atoms with van der Waals surface area (Å²) in [7, 11) is 0. The monoisotopic (exact) mass is 417 g/mol. The van der Waals surface area contributed by atoms with Gasteiger partial charge in [0.25, 0.3) is 5.91 Å². The lowest BCUT2D eigenvalue weighted by atomic mass is 10.0. The average molecular weight is 418 g/mol. The van der Waals surface area contributed by atoms with Crippen molar-refractivity contribution in [2.45, 2.75) is 32.4 Å². The van der Waals surface area contributed by atoms with Gasteiger partial charge in [-0.1, -0.05) is 41.9 Å². The van der Waals surface area contributed by atoms with Crippen molar-refractivity contribution >= 4 is 35.2 Å². The molecule has 0 aliphatic rings. The minimum Gasteiger partial charge on any atom is -0.452 e. The van der Waals surface area contributed by atoms with E-state index >= 15 is 0 Å². The first-order valence-electron chi connectivity index (χ1n) is 9.19. The average Bonchev–Trinajstić information content (AvgIpc) is 2.69. The third-order valence-electron chi connectivity index (χ3n) is 4.27. The molecule has 2 atom stereocenters. The minimum atomic E-state index is -0.984. The van der Waals surface area contributed by atoms with Crippen LogP contribution in [0.3, 0.4) is 0 Å². The Morgan fingerprint density at radius 1 is 1.10 bits per heavy atom. The highest BCUT2D eigenvalue weighted by molar-refractivity contribution is 6.30. The van der Waals surface area contributed by atoms with Crippen LogP contribution in [0.5, 0.6) is 0 Å². The van der Waals surface area contributed by atoms with Crippen molar-refractivity contribution < 1.29 is 19.1 Å². The van der Waals surface area contributed by atoms with E-state index in [9.17, 15) is 14.4 Å². The molecule has 2 aromatic carbocycles. The van der Waals surface area contributed by atoms with Gasteiger partial charge in [-0.3, -0.25) is 9.59 Å². The molecule has 8 heteroatoms. The zero-order valence-corrected chi connectivity index (χ0v) is 17.1. The molecular formula is C21H24ClN3O4. The Morgan fingerprint density at radius 3 is 2.28 bits per heavy atom. The maximum absolute atomic E-state index is 12.7. The van der Waals surface area contributed by atoms with Crippen molar-refractivity contribution in [2.24, 2.45) is 5.73 Å². The molecule has 29 heavy (non-hydrogen) atoms. The van der Waals surface area contributed by atoms with E-state index in [0.29, 0.717) is 17.1 Å². The summed E-state index contributed by atoms with van der Waals surface area (Å²) >= 11 is 5.88. The van der Waals surface area contributed by atoms with Crippen LogP contribution in [0, 0.1) is 0 Å². The number of nitrogens with one attached hydrogen (secondary N) is 1. The Bertz CT molecular complexity index is 843.